The van der Waals surface area contributed by atoms with Crippen LogP contribution in [0.1, 0.15) is 11.1 Å². The number of para-hydroxylation sites is 1. The predicted molar refractivity (Wildman–Crippen MR) is 129 cm³/mol. The van der Waals surface area contributed by atoms with Crippen molar-refractivity contribution in [3.8, 4) is 5.69 Å². The number of amides is 1. The molecule has 0 saturated carbocycles. The number of rotatable bonds is 6. The maximum atomic E-state index is 13.4. The van der Waals surface area contributed by atoms with Crippen molar-refractivity contribution < 1.29 is 9.72 Å². The summed E-state index contributed by atoms with van der Waals surface area (Å²) in [5, 5.41) is 14.4. The Bertz CT molecular complexity index is 1430. The molecule has 33 heavy (non-hydrogen) atoms. The molecule has 1 amide bonds. The normalized spacial score (nSPS) is 10.8. The summed E-state index contributed by atoms with van der Waals surface area (Å²) in [6.07, 6.45) is 0. The number of carbonyl (C=O) groups is 1. The summed E-state index contributed by atoms with van der Waals surface area (Å²) in [4.78, 5) is 40.9. The summed E-state index contributed by atoms with van der Waals surface area (Å²) < 4.78 is 1.55. The van der Waals surface area contributed by atoms with E-state index in [1.165, 1.54) is 24.3 Å². The first-order valence-corrected chi connectivity index (χ1v) is 11.1. The highest BCUT2D eigenvalue weighted by Crippen LogP contribution is 2.25. The van der Waals surface area contributed by atoms with E-state index in [1.54, 1.807) is 22.8 Å². The number of nitrogens with zero attached hydrogens (tertiary/aromatic N) is 3. The standard InChI is InChI=1S/C24H20N4O4S/c1-15-6-5-9-21(16(15)2)27-23(30)19-7-3-4-8-20(19)26-24(27)33-14-22(29)25-17-10-12-18(13-11-17)28(31)32/h3-13H,14H2,1-2H3,(H,25,29). The lowest BCUT2D eigenvalue weighted by atomic mass is 10.1. The minimum Gasteiger partial charge on any atom is -0.325 e. The Labute approximate surface area is 193 Å². The smallest absolute Gasteiger partial charge is 0.269 e. The molecule has 166 valence electrons. The second kappa shape index (κ2) is 9.25. The van der Waals surface area contributed by atoms with Gasteiger partial charge < -0.3 is 5.32 Å². The first-order valence-electron chi connectivity index (χ1n) is 10.1. The Hall–Kier alpha value is -3.98. The van der Waals surface area contributed by atoms with E-state index in [0.717, 1.165) is 28.6 Å². The maximum Gasteiger partial charge on any atom is 0.269 e. The highest BCUT2D eigenvalue weighted by Gasteiger charge is 2.17. The molecular formula is C24H20N4O4S. The molecule has 0 bridgehead atoms. The molecule has 0 aliphatic rings. The van der Waals surface area contributed by atoms with E-state index in [4.69, 9.17) is 0 Å². The molecule has 1 heterocycles. The van der Waals surface area contributed by atoms with Crippen LogP contribution < -0.4 is 10.9 Å². The molecule has 1 N–H and O–H groups in total. The minimum absolute atomic E-state index is 0.00658. The highest BCUT2D eigenvalue weighted by molar-refractivity contribution is 7.99. The number of carbonyl (C=O) groups excluding carboxylic acids is 1. The van der Waals surface area contributed by atoms with Gasteiger partial charge in [0.25, 0.3) is 11.2 Å². The summed E-state index contributed by atoms with van der Waals surface area (Å²) in [5.41, 5.74) is 3.46. The van der Waals surface area contributed by atoms with Crippen molar-refractivity contribution in [2.24, 2.45) is 0 Å². The van der Waals surface area contributed by atoms with Crippen LogP contribution in [0.4, 0.5) is 11.4 Å². The summed E-state index contributed by atoms with van der Waals surface area (Å²) in [7, 11) is 0. The largest absolute Gasteiger partial charge is 0.325 e. The third-order valence-electron chi connectivity index (χ3n) is 5.26. The third kappa shape index (κ3) is 4.63. The van der Waals surface area contributed by atoms with Gasteiger partial charge in [-0.3, -0.25) is 24.3 Å². The van der Waals surface area contributed by atoms with Crippen molar-refractivity contribution in [3.63, 3.8) is 0 Å². The Morgan fingerprint density at radius 2 is 1.79 bits per heavy atom. The molecule has 9 heteroatoms. The van der Waals surface area contributed by atoms with Gasteiger partial charge in [0.2, 0.25) is 5.91 Å². The molecule has 0 aliphatic carbocycles. The molecule has 0 atom stereocenters. The summed E-state index contributed by atoms with van der Waals surface area (Å²) in [6.45, 7) is 3.92. The highest BCUT2D eigenvalue weighted by atomic mass is 32.2. The molecule has 0 aliphatic heterocycles. The van der Waals surface area contributed by atoms with Crippen LogP contribution in [0.2, 0.25) is 0 Å². The monoisotopic (exact) mass is 460 g/mol. The van der Waals surface area contributed by atoms with Gasteiger partial charge in [-0.05, 0) is 55.3 Å². The Balaban J connectivity index is 1.65. The first kappa shape index (κ1) is 22.2. The van der Waals surface area contributed by atoms with Crippen molar-refractivity contribution in [3.05, 3.63) is 98.3 Å². The second-order valence-corrected chi connectivity index (χ2v) is 8.35. The number of hydrogen-bond acceptors (Lipinski definition) is 6. The second-order valence-electron chi connectivity index (χ2n) is 7.41. The third-order valence-corrected chi connectivity index (χ3v) is 6.19. The van der Waals surface area contributed by atoms with E-state index in [1.807, 2.05) is 38.1 Å². The van der Waals surface area contributed by atoms with Crippen LogP contribution in [0.25, 0.3) is 16.6 Å². The fourth-order valence-electron chi connectivity index (χ4n) is 3.39. The minimum atomic E-state index is -0.501. The zero-order chi connectivity index (χ0) is 23.5. The van der Waals surface area contributed by atoms with Crippen LogP contribution in [0.5, 0.6) is 0 Å². The Kier molecular flexibility index (Phi) is 6.23. The number of nitro groups is 1. The zero-order valence-corrected chi connectivity index (χ0v) is 18.8. The Morgan fingerprint density at radius 3 is 2.52 bits per heavy atom. The van der Waals surface area contributed by atoms with Gasteiger partial charge in [0, 0.05) is 17.8 Å². The molecule has 0 fully saturated rings. The topological polar surface area (TPSA) is 107 Å². The van der Waals surface area contributed by atoms with E-state index in [9.17, 15) is 19.7 Å². The molecule has 4 rings (SSSR count). The van der Waals surface area contributed by atoms with Crippen molar-refractivity contribution in [2.75, 3.05) is 11.1 Å². The maximum absolute atomic E-state index is 13.4. The van der Waals surface area contributed by atoms with Crippen LogP contribution in [0.3, 0.4) is 0 Å². The molecule has 0 spiro atoms. The summed E-state index contributed by atoms with van der Waals surface area (Å²) in [6, 6.07) is 18.4. The van der Waals surface area contributed by atoms with E-state index in [2.05, 4.69) is 10.3 Å². The summed E-state index contributed by atoms with van der Waals surface area (Å²) >= 11 is 1.15. The van der Waals surface area contributed by atoms with Gasteiger partial charge in [-0.15, -0.1) is 0 Å². The number of fused-ring (bicyclic) bond motifs is 1. The van der Waals surface area contributed by atoms with Crippen molar-refractivity contribution in [1.29, 1.82) is 0 Å². The first-order chi connectivity index (χ1) is 15.8. The van der Waals surface area contributed by atoms with E-state index in [-0.39, 0.29) is 22.9 Å². The van der Waals surface area contributed by atoms with Gasteiger partial charge in [0.15, 0.2) is 5.16 Å². The van der Waals surface area contributed by atoms with Crippen LogP contribution in [0, 0.1) is 24.0 Å². The average molecular weight is 461 g/mol. The van der Waals surface area contributed by atoms with Gasteiger partial charge in [0.05, 0.1) is 27.3 Å². The fraction of sp³-hybridized carbons (Fsp3) is 0.125. The Morgan fingerprint density at radius 1 is 1.06 bits per heavy atom. The van der Waals surface area contributed by atoms with Gasteiger partial charge in [-0.1, -0.05) is 36.0 Å². The fourth-order valence-corrected chi connectivity index (χ4v) is 4.20. The van der Waals surface area contributed by atoms with E-state index >= 15 is 0 Å². The van der Waals surface area contributed by atoms with Gasteiger partial charge >= 0.3 is 0 Å². The SMILES string of the molecule is Cc1cccc(-n2c(SCC(=O)Nc3ccc([N+](=O)[O-])cc3)nc3ccccc3c2=O)c1C. The van der Waals surface area contributed by atoms with Crippen molar-refractivity contribution in [1.82, 2.24) is 9.55 Å². The number of thioether (sulfide) groups is 1. The zero-order valence-electron chi connectivity index (χ0n) is 17.9. The number of nitro benzene ring substituents is 1. The van der Waals surface area contributed by atoms with E-state index in [0.29, 0.717) is 21.7 Å². The number of aryl methyl sites for hydroxylation is 1. The number of benzene rings is 3. The molecule has 4 aromatic rings. The van der Waals surface area contributed by atoms with Crippen LogP contribution in [0.15, 0.2) is 76.7 Å². The van der Waals surface area contributed by atoms with Gasteiger partial charge in [-0.2, -0.15) is 0 Å². The van der Waals surface area contributed by atoms with Crippen LogP contribution >= 0.6 is 11.8 Å². The number of anilines is 1. The van der Waals surface area contributed by atoms with E-state index < -0.39 is 4.92 Å². The number of non-ortho nitro benzene ring substituents is 1. The molecule has 0 radical (unpaired) electrons. The molecule has 8 nitrogen and oxygen atoms in total. The predicted octanol–water partition coefficient (Wildman–Crippen LogP) is 4.64. The lowest BCUT2D eigenvalue weighted by Gasteiger charge is -2.16. The quantitative estimate of drug-likeness (QED) is 0.194. The molecular weight excluding hydrogens is 440 g/mol. The van der Waals surface area contributed by atoms with Crippen LogP contribution in [-0.4, -0.2) is 26.1 Å². The lowest BCUT2D eigenvalue weighted by Crippen LogP contribution is -2.23. The van der Waals surface area contributed by atoms with Crippen molar-refractivity contribution in [2.45, 2.75) is 19.0 Å². The van der Waals surface area contributed by atoms with Gasteiger partial charge in [0.1, 0.15) is 0 Å². The number of nitrogens with one attached hydrogen (secondary N) is 1. The van der Waals surface area contributed by atoms with Crippen molar-refractivity contribution >= 4 is 39.9 Å². The summed E-state index contributed by atoms with van der Waals surface area (Å²) in [5.74, 6) is -0.309. The number of aromatic nitrogens is 2. The molecule has 3 aromatic carbocycles. The average Bonchev–Trinajstić information content (AvgIpc) is 2.80. The van der Waals surface area contributed by atoms with Gasteiger partial charge in [-0.25, -0.2) is 4.98 Å². The molecule has 1 aromatic heterocycles. The lowest BCUT2D eigenvalue weighted by molar-refractivity contribution is -0.384. The number of hydrogen-bond donors (Lipinski definition) is 1. The molecule has 0 unspecified atom stereocenters. The molecule has 0 saturated heterocycles. The van der Waals surface area contributed by atoms with Crippen LogP contribution in [-0.2, 0) is 4.79 Å².